The Morgan fingerprint density at radius 1 is 1.33 bits per heavy atom. The van der Waals surface area contributed by atoms with Gasteiger partial charge in [-0.1, -0.05) is 13.8 Å². The Hall–Kier alpha value is -0.610. The van der Waals surface area contributed by atoms with Gasteiger partial charge in [0.15, 0.2) is 0 Å². The molecule has 18 heavy (non-hydrogen) atoms. The van der Waals surface area contributed by atoms with Gasteiger partial charge in [-0.15, -0.1) is 0 Å². The normalized spacial score (nSPS) is 15.1. The lowest BCUT2D eigenvalue weighted by atomic mass is 10.1. The van der Waals surface area contributed by atoms with Crippen molar-refractivity contribution in [2.24, 2.45) is 11.8 Å². The summed E-state index contributed by atoms with van der Waals surface area (Å²) in [6, 6.07) is 0. The number of ether oxygens (including phenoxy) is 1. The fourth-order valence-corrected chi connectivity index (χ4v) is 1.60. The number of carbonyl (C=O) groups excluding carboxylic acids is 1. The average Bonchev–Trinajstić information content (AvgIpc) is 3.11. The van der Waals surface area contributed by atoms with Crippen molar-refractivity contribution < 1.29 is 9.53 Å². The number of carbonyl (C=O) groups is 1. The van der Waals surface area contributed by atoms with E-state index in [1.54, 1.807) is 0 Å². The summed E-state index contributed by atoms with van der Waals surface area (Å²) in [6.45, 7) is 8.10. The summed E-state index contributed by atoms with van der Waals surface area (Å²) < 4.78 is 5.52. The van der Waals surface area contributed by atoms with E-state index in [2.05, 4.69) is 24.5 Å². The minimum absolute atomic E-state index is 0.0922. The fraction of sp³-hybridized carbons (Fsp3) is 0.929. The number of nitrogens with one attached hydrogen (secondary N) is 2. The zero-order valence-electron chi connectivity index (χ0n) is 11.8. The molecule has 0 heterocycles. The highest BCUT2D eigenvalue weighted by molar-refractivity contribution is 5.77. The molecule has 1 amide bonds. The Kier molecular flexibility index (Phi) is 8.01. The zero-order chi connectivity index (χ0) is 13.2. The van der Waals surface area contributed by atoms with Crippen molar-refractivity contribution in [2.75, 3.05) is 32.8 Å². The monoisotopic (exact) mass is 256 g/mol. The van der Waals surface area contributed by atoms with Crippen LogP contribution in [0.25, 0.3) is 0 Å². The molecule has 0 unspecified atom stereocenters. The Bertz CT molecular complexity index is 228. The molecule has 4 heteroatoms. The van der Waals surface area contributed by atoms with Gasteiger partial charge >= 0.3 is 0 Å². The van der Waals surface area contributed by atoms with Gasteiger partial charge in [0, 0.05) is 19.8 Å². The largest absolute Gasteiger partial charge is 0.381 e. The summed E-state index contributed by atoms with van der Waals surface area (Å²) in [5.41, 5.74) is 0. The lowest BCUT2D eigenvalue weighted by Gasteiger charge is -2.08. The summed E-state index contributed by atoms with van der Waals surface area (Å²) in [6.07, 6.45) is 4.70. The average molecular weight is 256 g/mol. The molecule has 0 radical (unpaired) electrons. The van der Waals surface area contributed by atoms with E-state index in [0.29, 0.717) is 12.5 Å². The van der Waals surface area contributed by atoms with Gasteiger partial charge in [0.2, 0.25) is 5.91 Å². The van der Waals surface area contributed by atoms with Crippen LogP contribution in [0, 0.1) is 11.8 Å². The molecular weight excluding hydrogens is 228 g/mol. The molecule has 0 aromatic heterocycles. The molecule has 0 bridgehead atoms. The van der Waals surface area contributed by atoms with Crippen molar-refractivity contribution in [3.05, 3.63) is 0 Å². The molecule has 1 rings (SSSR count). The Morgan fingerprint density at radius 2 is 2.11 bits per heavy atom. The van der Waals surface area contributed by atoms with Gasteiger partial charge in [-0.2, -0.15) is 0 Å². The second-order valence-corrected chi connectivity index (χ2v) is 5.58. The van der Waals surface area contributed by atoms with E-state index in [0.717, 1.165) is 45.1 Å². The summed E-state index contributed by atoms with van der Waals surface area (Å²) in [5.74, 6) is 1.57. The van der Waals surface area contributed by atoms with Crippen molar-refractivity contribution in [2.45, 2.75) is 39.5 Å². The van der Waals surface area contributed by atoms with Gasteiger partial charge in [0.25, 0.3) is 0 Å². The quantitative estimate of drug-likeness (QED) is 0.552. The molecule has 1 aliphatic carbocycles. The molecule has 0 spiro atoms. The highest BCUT2D eigenvalue weighted by atomic mass is 16.5. The van der Waals surface area contributed by atoms with Crippen LogP contribution in [0.2, 0.25) is 0 Å². The summed E-state index contributed by atoms with van der Waals surface area (Å²) in [4.78, 5) is 11.4. The van der Waals surface area contributed by atoms with Crippen LogP contribution in [0.4, 0.5) is 0 Å². The number of amides is 1. The van der Waals surface area contributed by atoms with Crippen LogP contribution in [0.1, 0.15) is 39.5 Å². The number of hydrogen-bond donors (Lipinski definition) is 2. The predicted molar refractivity (Wildman–Crippen MR) is 73.5 cm³/mol. The first-order valence-corrected chi connectivity index (χ1v) is 7.23. The fourth-order valence-electron chi connectivity index (χ4n) is 1.60. The van der Waals surface area contributed by atoms with Crippen LogP contribution in [0.5, 0.6) is 0 Å². The smallest absolute Gasteiger partial charge is 0.233 e. The van der Waals surface area contributed by atoms with Crippen LogP contribution in [0.15, 0.2) is 0 Å². The maximum absolute atomic E-state index is 11.4. The lowest BCUT2D eigenvalue weighted by Crippen LogP contribution is -2.35. The van der Waals surface area contributed by atoms with Gasteiger partial charge in [0.1, 0.15) is 0 Å². The van der Waals surface area contributed by atoms with Crippen molar-refractivity contribution in [1.29, 1.82) is 0 Å². The lowest BCUT2D eigenvalue weighted by molar-refractivity contribution is -0.120. The molecule has 1 fully saturated rings. The summed E-state index contributed by atoms with van der Waals surface area (Å²) in [7, 11) is 0. The Labute approximate surface area is 111 Å². The van der Waals surface area contributed by atoms with E-state index >= 15 is 0 Å². The van der Waals surface area contributed by atoms with Crippen LogP contribution >= 0.6 is 0 Å². The molecule has 1 saturated carbocycles. The Morgan fingerprint density at radius 3 is 2.78 bits per heavy atom. The van der Waals surface area contributed by atoms with Crippen LogP contribution < -0.4 is 10.6 Å². The highest BCUT2D eigenvalue weighted by Crippen LogP contribution is 2.28. The SMILES string of the molecule is CC(C)CCNC(=O)CNCCCOCC1CC1. The predicted octanol–water partition coefficient (Wildman–Crippen LogP) is 1.55. The van der Waals surface area contributed by atoms with Crippen LogP contribution in [-0.4, -0.2) is 38.8 Å². The third-order valence-corrected chi connectivity index (χ3v) is 3.02. The standard InChI is InChI=1S/C14H28N2O2/c1-12(2)6-8-16-14(17)10-15-7-3-9-18-11-13-4-5-13/h12-13,15H,3-11H2,1-2H3,(H,16,17). The van der Waals surface area contributed by atoms with E-state index in [4.69, 9.17) is 4.74 Å². The zero-order valence-corrected chi connectivity index (χ0v) is 11.8. The topological polar surface area (TPSA) is 50.4 Å². The van der Waals surface area contributed by atoms with Crippen LogP contribution in [-0.2, 0) is 9.53 Å². The molecule has 0 saturated heterocycles. The van der Waals surface area contributed by atoms with E-state index in [1.807, 2.05) is 0 Å². The molecular formula is C14H28N2O2. The van der Waals surface area contributed by atoms with E-state index < -0.39 is 0 Å². The second kappa shape index (κ2) is 9.34. The van der Waals surface area contributed by atoms with E-state index in [9.17, 15) is 4.79 Å². The van der Waals surface area contributed by atoms with Crippen LogP contribution in [0.3, 0.4) is 0 Å². The van der Waals surface area contributed by atoms with Gasteiger partial charge in [0.05, 0.1) is 6.54 Å². The van der Waals surface area contributed by atoms with Crippen molar-refractivity contribution in [3.63, 3.8) is 0 Å². The van der Waals surface area contributed by atoms with Gasteiger partial charge in [-0.05, 0) is 44.1 Å². The minimum Gasteiger partial charge on any atom is -0.381 e. The molecule has 2 N–H and O–H groups in total. The summed E-state index contributed by atoms with van der Waals surface area (Å²) in [5, 5.41) is 6.04. The van der Waals surface area contributed by atoms with Gasteiger partial charge < -0.3 is 15.4 Å². The first-order valence-electron chi connectivity index (χ1n) is 7.23. The van der Waals surface area contributed by atoms with Crippen molar-refractivity contribution in [3.8, 4) is 0 Å². The third-order valence-electron chi connectivity index (χ3n) is 3.02. The van der Waals surface area contributed by atoms with Crippen molar-refractivity contribution in [1.82, 2.24) is 10.6 Å². The second-order valence-electron chi connectivity index (χ2n) is 5.58. The Balaban J connectivity index is 1.76. The molecule has 1 aliphatic rings. The summed E-state index contributed by atoms with van der Waals surface area (Å²) >= 11 is 0. The maximum atomic E-state index is 11.4. The maximum Gasteiger partial charge on any atom is 0.233 e. The molecule has 0 aromatic carbocycles. The third kappa shape index (κ3) is 9.42. The number of rotatable bonds is 11. The first-order chi connectivity index (χ1) is 8.68. The van der Waals surface area contributed by atoms with E-state index in [1.165, 1.54) is 12.8 Å². The molecule has 0 atom stereocenters. The van der Waals surface area contributed by atoms with Crippen molar-refractivity contribution >= 4 is 5.91 Å². The molecule has 0 aromatic rings. The van der Waals surface area contributed by atoms with Gasteiger partial charge in [-0.25, -0.2) is 0 Å². The molecule has 106 valence electrons. The number of hydrogen-bond acceptors (Lipinski definition) is 3. The minimum atomic E-state index is 0.0922. The molecule has 0 aliphatic heterocycles. The first kappa shape index (κ1) is 15.4. The van der Waals surface area contributed by atoms with Gasteiger partial charge in [-0.3, -0.25) is 4.79 Å². The van der Waals surface area contributed by atoms with E-state index in [-0.39, 0.29) is 5.91 Å². The molecule has 4 nitrogen and oxygen atoms in total. The highest BCUT2D eigenvalue weighted by Gasteiger charge is 2.20.